The van der Waals surface area contributed by atoms with Crippen LogP contribution in [0.2, 0.25) is 0 Å². The Morgan fingerprint density at radius 2 is 0.884 bits per heavy atom. The molecule has 0 aromatic rings. The minimum Gasteiger partial charge on any atom is -0.756 e. The molecule has 0 rings (SSSR count). The topological polar surface area (TPSA) is 199 Å². The maximum absolute atomic E-state index is 12.8. The summed E-state index contributed by atoms with van der Waals surface area (Å²) in [5.41, 5.74) is 0. The molecule has 0 aromatic carbocycles. The zero-order valence-corrected chi connectivity index (χ0v) is 48.4. The van der Waals surface area contributed by atoms with Crippen molar-refractivity contribution in [3.63, 3.8) is 0 Å². The summed E-state index contributed by atoms with van der Waals surface area (Å²) < 4.78 is 38.7. The maximum atomic E-state index is 12.8. The van der Waals surface area contributed by atoms with Gasteiger partial charge in [0, 0.05) is 50.3 Å². The van der Waals surface area contributed by atoms with Crippen LogP contribution in [0.5, 0.6) is 0 Å². The molecular weight excluding hydrogens is 951 g/mol. The predicted octanol–water partition coefficient (Wildman–Crippen LogP) is 8.87. The number of rotatable bonds is 54. The molecule has 402 valence electrons. The van der Waals surface area contributed by atoms with Crippen LogP contribution < -0.4 is 45.1 Å². The number of carbonyl (C=O) groups excluding carboxylic acids is 4. The number of aliphatic hydroxyl groups is 1. The van der Waals surface area contributed by atoms with E-state index in [1.165, 1.54) is 163 Å². The molecule has 2 amide bonds. The second-order valence-electron chi connectivity index (χ2n) is 18.0. The van der Waals surface area contributed by atoms with Crippen molar-refractivity contribution in [3.8, 4) is 0 Å². The van der Waals surface area contributed by atoms with E-state index in [0.717, 1.165) is 38.5 Å². The van der Waals surface area contributed by atoms with E-state index < -0.39 is 32.5 Å². The smallest absolute Gasteiger partial charge is 0.756 e. The van der Waals surface area contributed by atoms with E-state index in [9.17, 15) is 28.6 Å². The van der Waals surface area contributed by atoms with Crippen molar-refractivity contribution in [1.29, 1.82) is 0 Å². The molecule has 3 N–H and O–H groups in total. The molecule has 0 heterocycles. The normalized spacial score (nSPS) is 12.5. The number of carbonyl (C=O) groups is 4. The average Bonchev–Trinajstić information content (AvgIpc) is 3.32. The fourth-order valence-electron chi connectivity index (χ4n) is 7.45. The Hall–Kier alpha value is -0.390. The zero-order valence-electron chi connectivity index (χ0n) is 43.9. The molecule has 0 fully saturated rings. The molecule has 0 radical (unpaired) electrons. The van der Waals surface area contributed by atoms with Gasteiger partial charge in [0.2, 0.25) is 11.8 Å². The number of esters is 2. The van der Waals surface area contributed by atoms with Crippen molar-refractivity contribution < 1.29 is 86.6 Å². The monoisotopic (exact) mass is 1050 g/mol. The minimum atomic E-state index is -4.84. The van der Waals surface area contributed by atoms with Gasteiger partial charge in [-0.15, -0.1) is 0 Å². The molecule has 14 nitrogen and oxygen atoms in total. The van der Waals surface area contributed by atoms with Crippen molar-refractivity contribution in [2.45, 2.75) is 238 Å². The number of ether oxygens (including phenoxy) is 3. The third-order valence-corrected chi connectivity index (χ3v) is 14.9. The first-order valence-electron chi connectivity index (χ1n) is 27.0. The van der Waals surface area contributed by atoms with E-state index in [0.29, 0.717) is 43.9 Å². The number of nitrogens with one attached hydrogen (secondary N) is 2. The number of hydrogen-bond donors (Lipinski definition) is 3. The van der Waals surface area contributed by atoms with Gasteiger partial charge < -0.3 is 43.9 Å². The largest absolute Gasteiger partial charge is 1.00 e. The molecule has 69 heavy (non-hydrogen) atoms. The van der Waals surface area contributed by atoms with E-state index in [1.54, 1.807) is 0 Å². The molecule has 2 unspecified atom stereocenters. The molecule has 0 aliphatic carbocycles. The summed E-state index contributed by atoms with van der Waals surface area (Å²) >= 11 is 0. The van der Waals surface area contributed by atoms with Crippen molar-refractivity contribution in [2.75, 3.05) is 64.2 Å². The standard InChI is InChI=1S/C51H99N2O12PS2.Na/c1-3-5-7-9-11-13-15-17-19-21-23-25-27-29-31-33-50(57)62-45-47(65-51(58)34-32-30-28-26-24-22-20-18-16-14-12-10-8-6-4-2)46-64-66(59,60)63-41-38-53-49(56)36-44-68-67-43-35-48(55)52-37-40-61-42-39-54;/h47,54H,3-46H2,1-2H3,(H,52,55)(H,53,56)(H,59,60);/q;+1/p-1. The van der Waals surface area contributed by atoms with Crippen LogP contribution in [-0.2, 0) is 47.0 Å². The van der Waals surface area contributed by atoms with E-state index in [2.05, 4.69) is 24.5 Å². The minimum absolute atomic E-state index is 0. The second kappa shape index (κ2) is 55.4. The predicted molar refractivity (Wildman–Crippen MR) is 278 cm³/mol. The number of amides is 2. The second-order valence-corrected chi connectivity index (χ2v) is 22.1. The number of hydrogen-bond acceptors (Lipinski definition) is 14. The molecule has 18 heteroatoms. The fraction of sp³-hybridized carbons (Fsp3) is 0.922. The fourth-order valence-corrected chi connectivity index (χ4v) is 10.2. The summed E-state index contributed by atoms with van der Waals surface area (Å²) in [5.74, 6) is -0.247. The third kappa shape index (κ3) is 55.2. The van der Waals surface area contributed by atoms with Gasteiger partial charge in [-0.3, -0.25) is 23.7 Å². The van der Waals surface area contributed by atoms with E-state index in [1.807, 2.05) is 0 Å². The molecule has 0 bridgehead atoms. The first kappa shape index (κ1) is 70.7. The number of phosphoric acid groups is 1. The summed E-state index contributed by atoms with van der Waals surface area (Å²) in [7, 11) is -1.91. The van der Waals surface area contributed by atoms with Gasteiger partial charge >= 0.3 is 41.5 Å². The molecule has 0 spiro atoms. The number of unbranched alkanes of at least 4 members (excludes halogenated alkanes) is 28. The van der Waals surface area contributed by atoms with Crippen molar-refractivity contribution in [1.82, 2.24) is 10.6 Å². The van der Waals surface area contributed by atoms with Gasteiger partial charge in [0.1, 0.15) is 6.61 Å². The summed E-state index contributed by atoms with van der Waals surface area (Å²) in [6.07, 6.45) is 36.3. The molecular formula is C51H98N2NaO12PS2. The summed E-state index contributed by atoms with van der Waals surface area (Å²) in [4.78, 5) is 62.1. The molecule has 0 saturated heterocycles. The quantitative estimate of drug-likeness (QED) is 0.0172. The Balaban J connectivity index is 0. The van der Waals surface area contributed by atoms with Crippen molar-refractivity contribution >= 4 is 53.2 Å². The van der Waals surface area contributed by atoms with Crippen LogP contribution >= 0.6 is 29.4 Å². The SMILES string of the molecule is CCCCCCCCCCCCCCCCCC(=O)OCC(COP(=O)([O-])OCCNC(=O)CCSSCCC(=O)NCCOCCO)OC(=O)CCCCCCCCCCCCCCCCC.[Na+]. The van der Waals surface area contributed by atoms with Crippen LogP contribution in [0, 0.1) is 0 Å². The zero-order chi connectivity index (χ0) is 49.9. The van der Waals surface area contributed by atoms with Gasteiger partial charge in [0.15, 0.2) is 6.10 Å². The van der Waals surface area contributed by atoms with Gasteiger partial charge in [-0.05, 0) is 12.8 Å². The Bertz CT molecular complexity index is 1230. The molecule has 0 aromatic heterocycles. The molecule has 0 saturated carbocycles. The average molecular weight is 1050 g/mol. The van der Waals surface area contributed by atoms with E-state index >= 15 is 0 Å². The van der Waals surface area contributed by atoms with Crippen LogP contribution in [0.3, 0.4) is 0 Å². The van der Waals surface area contributed by atoms with Crippen LogP contribution in [0.4, 0.5) is 0 Å². The van der Waals surface area contributed by atoms with Crippen LogP contribution in [0.25, 0.3) is 0 Å². The van der Waals surface area contributed by atoms with E-state index in [4.69, 9.17) is 28.4 Å². The first-order valence-corrected chi connectivity index (χ1v) is 31.0. The third-order valence-electron chi connectivity index (χ3n) is 11.5. The Morgan fingerprint density at radius 3 is 1.29 bits per heavy atom. The summed E-state index contributed by atoms with van der Waals surface area (Å²) in [6.45, 7) is 4.06. The molecule has 0 aliphatic heterocycles. The summed E-state index contributed by atoms with van der Waals surface area (Å²) in [6, 6.07) is 0. The van der Waals surface area contributed by atoms with Gasteiger partial charge in [0.05, 0.1) is 33.0 Å². The van der Waals surface area contributed by atoms with Crippen molar-refractivity contribution in [3.05, 3.63) is 0 Å². The van der Waals surface area contributed by atoms with Crippen molar-refractivity contribution in [2.24, 2.45) is 0 Å². The van der Waals surface area contributed by atoms with Crippen LogP contribution in [0.15, 0.2) is 0 Å². The van der Waals surface area contributed by atoms with Crippen LogP contribution in [0.1, 0.15) is 232 Å². The Kier molecular flexibility index (Phi) is 56.7. The molecule has 2 atom stereocenters. The van der Waals surface area contributed by atoms with Crippen LogP contribution in [-0.4, -0.2) is 99.2 Å². The Labute approximate surface area is 449 Å². The summed E-state index contributed by atoms with van der Waals surface area (Å²) in [5, 5.41) is 14.0. The Morgan fingerprint density at radius 1 is 0.507 bits per heavy atom. The number of aliphatic hydroxyl groups excluding tert-OH is 1. The number of phosphoric ester groups is 1. The van der Waals surface area contributed by atoms with Gasteiger partial charge in [0.25, 0.3) is 7.82 Å². The van der Waals surface area contributed by atoms with Gasteiger partial charge in [-0.1, -0.05) is 215 Å². The molecule has 0 aliphatic rings. The van der Waals surface area contributed by atoms with Gasteiger partial charge in [-0.2, -0.15) is 0 Å². The van der Waals surface area contributed by atoms with Gasteiger partial charge in [-0.25, -0.2) is 0 Å². The maximum Gasteiger partial charge on any atom is 1.00 e. The first-order chi connectivity index (χ1) is 33.1. The van der Waals surface area contributed by atoms with E-state index in [-0.39, 0.29) is 93.6 Å².